The first-order chi connectivity index (χ1) is 9.52. The van der Waals surface area contributed by atoms with E-state index < -0.39 is 11.8 Å². The molecule has 1 aromatic carbocycles. The van der Waals surface area contributed by atoms with Gasteiger partial charge in [0.2, 0.25) is 0 Å². The molecule has 0 spiro atoms. The van der Waals surface area contributed by atoms with Gasteiger partial charge in [-0.1, -0.05) is 26.0 Å². The molecular weight excluding hydrogens is 258 g/mol. The SMILES string of the molecule is COc1cccc(C=NNC(=O)C(=O)NCC(C)C)c1. The summed E-state index contributed by atoms with van der Waals surface area (Å²) in [5, 5.41) is 6.23. The summed E-state index contributed by atoms with van der Waals surface area (Å²) in [5.41, 5.74) is 2.93. The van der Waals surface area contributed by atoms with Gasteiger partial charge in [0.05, 0.1) is 13.3 Å². The highest BCUT2D eigenvalue weighted by molar-refractivity contribution is 6.35. The Hall–Kier alpha value is -2.37. The fourth-order valence-corrected chi connectivity index (χ4v) is 1.32. The third-order valence-corrected chi connectivity index (χ3v) is 2.35. The van der Waals surface area contributed by atoms with Crippen molar-refractivity contribution in [3.63, 3.8) is 0 Å². The van der Waals surface area contributed by atoms with Crippen molar-refractivity contribution in [2.75, 3.05) is 13.7 Å². The normalized spacial score (nSPS) is 10.6. The van der Waals surface area contributed by atoms with Crippen LogP contribution in [0.5, 0.6) is 5.75 Å². The summed E-state index contributed by atoms with van der Waals surface area (Å²) in [6.07, 6.45) is 1.44. The summed E-state index contributed by atoms with van der Waals surface area (Å²) >= 11 is 0. The smallest absolute Gasteiger partial charge is 0.329 e. The van der Waals surface area contributed by atoms with Gasteiger partial charge in [-0.25, -0.2) is 5.43 Å². The van der Waals surface area contributed by atoms with Crippen molar-refractivity contribution in [3.05, 3.63) is 29.8 Å². The Morgan fingerprint density at radius 3 is 2.75 bits per heavy atom. The zero-order chi connectivity index (χ0) is 15.0. The van der Waals surface area contributed by atoms with Crippen molar-refractivity contribution < 1.29 is 14.3 Å². The topological polar surface area (TPSA) is 79.8 Å². The molecule has 0 radical (unpaired) electrons. The van der Waals surface area contributed by atoms with Gasteiger partial charge in [-0.15, -0.1) is 0 Å². The second kappa shape index (κ2) is 7.93. The number of carbonyl (C=O) groups is 2. The fourth-order valence-electron chi connectivity index (χ4n) is 1.32. The molecule has 0 aliphatic rings. The quantitative estimate of drug-likeness (QED) is 0.477. The Bertz CT molecular complexity index is 498. The van der Waals surface area contributed by atoms with Crippen LogP contribution >= 0.6 is 0 Å². The predicted octanol–water partition coefficient (Wildman–Crippen LogP) is 0.917. The van der Waals surface area contributed by atoms with Gasteiger partial charge in [0.15, 0.2) is 0 Å². The lowest BCUT2D eigenvalue weighted by Gasteiger charge is -2.05. The summed E-state index contributed by atoms with van der Waals surface area (Å²) in [6, 6.07) is 7.16. The highest BCUT2D eigenvalue weighted by Crippen LogP contribution is 2.10. The second-order valence-electron chi connectivity index (χ2n) is 4.58. The number of ether oxygens (including phenoxy) is 1. The average Bonchev–Trinajstić information content (AvgIpc) is 2.44. The van der Waals surface area contributed by atoms with Gasteiger partial charge in [0, 0.05) is 6.54 Å². The zero-order valence-corrected chi connectivity index (χ0v) is 11.8. The van der Waals surface area contributed by atoms with Crippen LogP contribution in [0.15, 0.2) is 29.4 Å². The Balaban J connectivity index is 2.47. The van der Waals surface area contributed by atoms with Gasteiger partial charge < -0.3 is 10.1 Å². The third-order valence-electron chi connectivity index (χ3n) is 2.35. The maximum Gasteiger partial charge on any atom is 0.329 e. The van der Waals surface area contributed by atoms with Crippen molar-refractivity contribution in [1.29, 1.82) is 0 Å². The molecule has 0 aromatic heterocycles. The molecule has 6 heteroatoms. The molecule has 2 amide bonds. The highest BCUT2D eigenvalue weighted by Gasteiger charge is 2.11. The van der Waals surface area contributed by atoms with Crippen LogP contribution in [0.4, 0.5) is 0 Å². The Kier molecular flexibility index (Phi) is 6.22. The van der Waals surface area contributed by atoms with E-state index in [1.807, 2.05) is 13.8 Å². The van der Waals surface area contributed by atoms with E-state index in [0.717, 1.165) is 5.56 Å². The van der Waals surface area contributed by atoms with E-state index in [4.69, 9.17) is 4.74 Å². The highest BCUT2D eigenvalue weighted by atomic mass is 16.5. The molecule has 0 fully saturated rings. The molecule has 0 bridgehead atoms. The molecule has 2 N–H and O–H groups in total. The summed E-state index contributed by atoms with van der Waals surface area (Å²) in [5.74, 6) is -0.506. The minimum Gasteiger partial charge on any atom is -0.497 e. The van der Waals surface area contributed by atoms with E-state index >= 15 is 0 Å². The molecule has 0 heterocycles. The molecule has 108 valence electrons. The molecule has 0 atom stereocenters. The van der Waals surface area contributed by atoms with Gasteiger partial charge in [-0.3, -0.25) is 9.59 Å². The van der Waals surface area contributed by atoms with Crippen molar-refractivity contribution in [2.24, 2.45) is 11.0 Å². The fraction of sp³-hybridized carbons (Fsp3) is 0.357. The third kappa shape index (κ3) is 5.51. The van der Waals surface area contributed by atoms with Crippen molar-refractivity contribution in [1.82, 2.24) is 10.7 Å². The molecule has 0 aliphatic carbocycles. The van der Waals surface area contributed by atoms with Crippen LogP contribution in [0.1, 0.15) is 19.4 Å². The van der Waals surface area contributed by atoms with Gasteiger partial charge in [0.25, 0.3) is 0 Å². The number of hydrogen-bond donors (Lipinski definition) is 2. The minimum atomic E-state index is -0.787. The van der Waals surface area contributed by atoms with Crippen LogP contribution in [0.3, 0.4) is 0 Å². The van der Waals surface area contributed by atoms with Crippen molar-refractivity contribution in [3.8, 4) is 5.75 Å². The van der Waals surface area contributed by atoms with E-state index in [0.29, 0.717) is 12.3 Å². The van der Waals surface area contributed by atoms with Crippen LogP contribution in [0, 0.1) is 5.92 Å². The van der Waals surface area contributed by atoms with Crippen LogP contribution in [0.2, 0.25) is 0 Å². The molecule has 0 saturated heterocycles. The van der Waals surface area contributed by atoms with Crippen molar-refractivity contribution >= 4 is 18.0 Å². The number of nitrogens with zero attached hydrogens (tertiary/aromatic N) is 1. The summed E-state index contributed by atoms with van der Waals surface area (Å²) in [4.78, 5) is 22.8. The maximum atomic E-state index is 11.4. The molecule has 1 rings (SSSR count). The second-order valence-corrected chi connectivity index (χ2v) is 4.58. The first kappa shape index (κ1) is 15.7. The summed E-state index contributed by atoms with van der Waals surface area (Å²) < 4.78 is 5.06. The van der Waals surface area contributed by atoms with E-state index in [1.165, 1.54) is 6.21 Å². The van der Waals surface area contributed by atoms with E-state index in [-0.39, 0.29) is 5.92 Å². The molecular formula is C14H19N3O3. The number of hydrogen-bond acceptors (Lipinski definition) is 4. The maximum absolute atomic E-state index is 11.4. The summed E-state index contributed by atoms with van der Waals surface area (Å²) in [6.45, 7) is 4.34. The lowest BCUT2D eigenvalue weighted by Crippen LogP contribution is -2.39. The van der Waals surface area contributed by atoms with Gasteiger partial charge in [-0.05, 0) is 23.6 Å². The minimum absolute atomic E-state index is 0.284. The molecule has 1 aromatic rings. The zero-order valence-electron chi connectivity index (χ0n) is 11.8. The molecule has 0 saturated carbocycles. The van der Waals surface area contributed by atoms with Crippen molar-refractivity contribution in [2.45, 2.75) is 13.8 Å². The van der Waals surface area contributed by atoms with E-state index in [2.05, 4.69) is 15.8 Å². The lowest BCUT2D eigenvalue weighted by atomic mass is 10.2. The number of nitrogens with one attached hydrogen (secondary N) is 2. The Labute approximate surface area is 118 Å². The number of methoxy groups -OCH3 is 1. The first-order valence-corrected chi connectivity index (χ1v) is 6.28. The standard InChI is InChI=1S/C14H19N3O3/c1-10(2)8-15-13(18)14(19)17-16-9-11-5-4-6-12(7-11)20-3/h4-7,9-10H,8H2,1-3H3,(H,15,18)(H,17,19). The molecule has 20 heavy (non-hydrogen) atoms. The predicted molar refractivity (Wildman–Crippen MR) is 76.6 cm³/mol. The monoisotopic (exact) mass is 277 g/mol. The van der Waals surface area contributed by atoms with Gasteiger partial charge in [0.1, 0.15) is 5.75 Å². The van der Waals surface area contributed by atoms with Crippen LogP contribution in [0.25, 0.3) is 0 Å². The lowest BCUT2D eigenvalue weighted by molar-refractivity contribution is -0.139. The number of rotatable bonds is 5. The van der Waals surface area contributed by atoms with E-state index in [9.17, 15) is 9.59 Å². The molecule has 6 nitrogen and oxygen atoms in total. The first-order valence-electron chi connectivity index (χ1n) is 6.28. The van der Waals surface area contributed by atoms with Gasteiger partial charge >= 0.3 is 11.8 Å². The Morgan fingerprint density at radius 1 is 1.35 bits per heavy atom. The number of carbonyl (C=O) groups excluding carboxylic acids is 2. The molecule has 0 unspecified atom stereocenters. The van der Waals surface area contributed by atoms with E-state index in [1.54, 1.807) is 31.4 Å². The molecule has 0 aliphatic heterocycles. The van der Waals surface area contributed by atoms with Crippen LogP contribution in [-0.2, 0) is 9.59 Å². The number of amides is 2. The summed E-state index contributed by atoms with van der Waals surface area (Å²) in [7, 11) is 1.57. The number of hydrazone groups is 1. The van der Waals surface area contributed by atoms with Crippen LogP contribution in [-0.4, -0.2) is 31.7 Å². The largest absolute Gasteiger partial charge is 0.497 e. The number of benzene rings is 1. The average molecular weight is 277 g/mol. The Morgan fingerprint density at radius 2 is 2.10 bits per heavy atom. The van der Waals surface area contributed by atoms with Crippen LogP contribution < -0.4 is 15.5 Å². The van der Waals surface area contributed by atoms with Gasteiger partial charge in [-0.2, -0.15) is 5.10 Å².